The SMILES string of the molecule is O.O=P[O-].O=P[O-].O=P[O-].[Na+].[Na+].[Na+]. The van der Waals surface area contributed by atoms with Gasteiger partial charge in [0.25, 0.3) is 0 Å². The first-order valence-corrected chi connectivity index (χ1v) is 3.29. The van der Waals surface area contributed by atoms with Crippen LogP contribution in [0.1, 0.15) is 0 Å². The van der Waals surface area contributed by atoms with E-state index in [1.54, 1.807) is 0 Å². The second-order valence-corrected chi connectivity index (χ2v) is 0.671. The molecule has 0 spiro atoms. The van der Waals surface area contributed by atoms with E-state index in [0.29, 0.717) is 0 Å². The van der Waals surface area contributed by atoms with Crippen molar-refractivity contribution >= 4 is 26.1 Å². The number of rotatable bonds is 0. The Morgan fingerprint density at radius 3 is 0.615 bits per heavy atom. The molecule has 0 aliphatic rings. The van der Waals surface area contributed by atoms with Crippen molar-refractivity contribution in [3.05, 3.63) is 0 Å². The fourth-order valence-corrected chi connectivity index (χ4v) is 0. The molecule has 0 aliphatic heterocycles. The van der Waals surface area contributed by atoms with Crippen molar-refractivity contribution in [1.82, 2.24) is 0 Å². The molecule has 0 radical (unpaired) electrons. The zero-order chi connectivity index (χ0) is 8.12. The fourth-order valence-electron chi connectivity index (χ4n) is 0. The van der Waals surface area contributed by atoms with Gasteiger partial charge in [0.2, 0.25) is 0 Å². The molecule has 0 aromatic rings. The molecule has 0 aromatic heterocycles. The normalized spacial score (nSPS) is 4.85. The van der Waals surface area contributed by atoms with E-state index in [1.807, 2.05) is 0 Å². The van der Waals surface area contributed by atoms with Crippen molar-refractivity contribution in [1.29, 1.82) is 0 Å². The van der Waals surface area contributed by atoms with Crippen LogP contribution in [0, 0.1) is 0 Å². The van der Waals surface area contributed by atoms with Crippen LogP contribution >= 0.6 is 26.1 Å². The van der Waals surface area contributed by atoms with Crippen LogP contribution in [-0.4, -0.2) is 5.48 Å². The van der Waals surface area contributed by atoms with E-state index in [4.69, 9.17) is 28.4 Å². The average Bonchev–Trinajstić information content (AvgIpc) is 1.70. The van der Waals surface area contributed by atoms with Crippen LogP contribution in [0.4, 0.5) is 0 Å². The third-order valence-electron chi connectivity index (χ3n) is 0. The summed E-state index contributed by atoms with van der Waals surface area (Å²) in [6.45, 7) is 0. The van der Waals surface area contributed by atoms with Crippen LogP contribution < -0.4 is 103 Å². The van der Waals surface area contributed by atoms with Gasteiger partial charge >= 0.3 is 88.7 Å². The molecular weight excluding hydrogens is 274 g/mol. The molecular formula is H2Na3O7P3. The topological polar surface area (TPSA) is 152 Å². The van der Waals surface area contributed by atoms with Crippen LogP contribution in [0.5, 0.6) is 0 Å². The van der Waals surface area contributed by atoms with Gasteiger partial charge in [0.1, 0.15) is 0 Å². The Bertz CT molecular complexity index is 55.7. The summed E-state index contributed by atoms with van der Waals surface area (Å²) in [6, 6.07) is 0. The van der Waals surface area contributed by atoms with Gasteiger partial charge in [-0.2, -0.15) is 0 Å². The van der Waals surface area contributed by atoms with Gasteiger partial charge in [-0.05, 0) is 0 Å². The third kappa shape index (κ3) is 265. The standard InChI is InChI=1S/3Na.3HO2P.H2O/c;;;3*1-3-2;/h;;;3*(H,1,2);1H2/q3*+1;;;;/p-3. The van der Waals surface area contributed by atoms with E-state index in [0.717, 1.165) is 0 Å². The van der Waals surface area contributed by atoms with Crippen LogP contribution in [0.3, 0.4) is 0 Å². The van der Waals surface area contributed by atoms with E-state index in [1.165, 1.54) is 0 Å². The second kappa shape index (κ2) is 80.3. The predicted octanol–water partition coefficient (Wildman–Crippen LogP) is -11.2. The second-order valence-electron chi connectivity index (χ2n) is 0.224. The fraction of sp³-hybridized carbons (Fsp3) is 0. The van der Waals surface area contributed by atoms with Crippen molar-refractivity contribution < 1.29 is 123 Å². The summed E-state index contributed by atoms with van der Waals surface area (Å²) in [5.74, 6) is 0. The molecule has 0 aliphatic carbocycles. The van der Waals surface area contributed by atoms with E-state index in [9.17, 15) is 0 Å². The Kier molecular flexibility index (Phi) is 274. The Hall–Kier alpha value is 3.14. The smallest absolute Gasteiger partial charge is 0.772 e. The largest absolute Gasteiger partial charge is 1.00 e. The molecule has 0 saturated heterocycles. The molecule has 0 amide bonds. The van der Waals surface area contributed by atoms with Gasteiger partial charge in [-0.3, -0.25) is 13.7 Å². The van der Waals surface area contributed by atoms with Gasteiger partial charge in [-0.1, -0.05) is 0 Å². The molecule has 0 unspecified atom stereocenters. The van der Waals surface area contributed by atoms with Crippen LogP contribution in [0.2, 0.25) is 0 Å². The molecule has 0 fully saturated rings. The molecule has 0 heterocycles. The Morgan fingerprint density at radius 2 is 0.615 bits per heavy atom. The summed E-state index contributed by atoms with van der Waals surface area (Å²) in [4.78, 5) is 25.0. The zero-order valence-electron chi connectivity index (χ0n) is 7.29. The molecule has 0 rings (SSSR count). The molecule has 0 bridgehead atoms. The van der Waals surface area contributed by atoms with Crippen molar-refractivity contribution in [2.45, 2.75) is 0 Å². The molecule has 13 heavy (non-hydrogen) atoms. The van der Waals surface area contributed by atoms with Gasteiger partial charge in [0.15, 0.2) is 0 Å². The van der Waals surface area contributed by atoms with E-state index < -0.39 is 26.1 Å². The minimum atomic E-state index is -1.08. The van der Waals surface area contributed by atoms with Crippen LogP contribution in [-0.2, 0) is 13.7 Å². The maximum atomic E-state index is 8.35. The van der Waals surface area contributed by atoms with Gasteiger partial charge < -0.3 is 20.2 Å². The molecule has 0 saturated carbocycles. The molecule has 7 nitrogen and oxygen atoms in total. The van der Waals surface area contributed by atoms with Gasteiger partial charge in [0.05, 0.1) is 26.1 Å². The first kappa shape index (κ1) is 44.3. The monoisotopic (exact) mass is 276 g/mol. The van der Waals surface area contributed by atoms with Crippen LogP contribution in [0.25, 0.3) is 0 Å². The Labute approximate surface area is 146 Å². The predicted molar refractivity (Wildman–Crippen MR) is 26.4 cm³/mol. The quantitative estimate of drug-likeness (QED) is 0.316. The average molecular weight is 276 g/mol. The Morgan fingerprint density at radius 1 is 0.615 bits per heavy atom. The summed E-state index contributed by atoms with van der Waals surface area (Å²) < 4.78 is 25.0. The molecule has 13 heteroatoms. The maximum Gasteiger partial charge on any atom is 1.00 e. The summed E-state index contributed by atoms with van der Waals surface area (Å²) in [5, 5.41) is 0. The summed E-state index contributed by atoms with van der Waals surface area (Å²) in [7, 11) is -3.25. The van der Waals surface area contributed by atoms with Crippen molar-refractivity contribution in [3.8, 4) is 0 Å². The first-order valence-electron chi connectivity index (χ1n) is 1.10. The van der Waals surface area contributed by atoms with Crippen LogP contribution in [0.15, 0.2) is 0 Å². The van der Waals surface area contributed by atoms with Gasteiger partial charge in [-0.15, -0.1) is 0 Å². The summed E-state index contributed by atoms with van der Waals surface area (Å²) in [5.41, 5.74) is 0. The van der Waals surface area contributed by atoms with Crippen molar-refractivity contribution in [3.63, 3.8) is 0 Å². The summed E-state index contributed by atoms with van der Waals surface area (Å²) >= 11 is 0. The molecule has 0 aromatic carbocycles. The van der Waals surface area contributed by atoms with Gasteiger partial charge in [0, 0.05) is 0 Å². The third-order valence-corrected chi connectivity index (χ3v) is 0. The minimum Gasteiger partial charge on any atom is -0.772 e. The zero-order valence-corrected chi connectivity index (χ0v) is 16.0. The molecule has 2 N–H and O–H groups in total. The van der Waals surface area contributed by atoms with Crippen molar-refractivity contribution in [2.75, 3.05) is 0 Å². The summed E-state index contributed by atoms with van der Waals surface area (Å²) in [6.07, 6.45) is 0. The van der Waals surface area contributed by atoms with E-state index in [-0.39, 0.29) is 94.1 Å². The number of hydrogen-bond acceptors (Lipinski definition) is 6. The maximum absolute atomic E-state index is 8.35. The van der Waals surface area contributed by atoms with E-state index in [2.05, 4.69) is 0 Å². The van der Waals surface area contributed by atoms with E-state index >= 15 is 0 Å². The Balaban J connectivity index is -0.00000000720. The van der Waals surface area contributed by atoms with Crippen molar-refractivity contribution in [2.24, 2.45) is 0 Å². The molecule has 0 atom stereocenters. The minimum absolute atomic E-state index is 0. The van der Waals surface area contributed by atoms with Gasteiger partial charge in [-0.25, -0.2) is 0 Å². The molecule has 62 valence electrons. The first-order chi connectivity index (χ1) is 4.24. The number of hydrogen-bond donors (Lipinski definition) is 0.